The zero-order chi connectivity index (χ0) is 17.4. The highest BCUT2D eigenvalue weighted by molar-refractivity contribution is 5.34. The Labute approximate surface area is 145 Å². The van der Waals surface area contributed by atoms with Crippen LogP contribution in [0.1, 0.15) is 23.1 Å². The molecule has 0 aliphatic carbocycles. The molecule has 1 N–H and O–H groups in total. The number of hydrogen-bond acceptors (Lipinski definition) is 3. The van der Waals surface area contributed by atoms with Crippen molar-refractivity contribution in [1.82, 2.24) is 4.90 Å². The topological polar surface area (TPSA) is 32.7 Å². The van der Waals surface area contributed by atoms with Crippen molar-refractivity contribution >= 4 is 0 Å². The van der Waals surface area contributed by atoms with Gasteiger partial charge in [-0.15, -0.1) is 0 Å². The third-order valence-electron chi connectivity index (χ3n) is 4.08. The molecular weight excluding hydrogens is 298 g/mol. The Bertz CT molecular complexity index is 625. The first-order chi connectivity index (χ1) is 11.5. The Balaban J connectivity index is 1.90. The van der Waals surface area contributed by atoms with Gasteiger partial charge in [0.15, 0.2) is 0 Å². The molecule has 2 aromatic rings. The number of aliphatic hydroxyl groups excluding tert-OH is 1. The van der Waals surface area contributed by atoms with E-state index in [-0.39, 0.29) is 0 Å². The Morgan fingerprint density at radius 2 is 1.83 bits per heavy atom. The summed E-state index contributed by atoms with van der Waals surface area (Å²) < 4.78 is 5.87. The molecule has 0 spiro atoms. The van der Waals surface area contributed by atoms with Gasteiger partial charge in [-0.05, 0) is 57.5 Å². The molecule has 0 saturated heterocycles. The molecule has 0 bridgehead atoms. The Morgan fingerprint density at radius 3 is 2.58 bits per heavy atom. The fourth-order valence-corrected chi connectivity index (χ4v) is 2.67. The maximum absolute atomic E-state index is 10.0. The molecule has 3 heteroatoms. The van der Waals surface area contributed by atoms with Crippen LogP contribution in [0.3, 0.4) is 0 Å². The molecule has 2 rings (SSSR count). The van der Waals surface area contributed by atoms with Crippen LogP contribution in [0, 0.1) is 6.92 Å². The Morgan fingerprint density at radius 1 is 1.04 bits per heavy atom. The second-order valence-electron chi connectivity index (χ2n) is 6.65. The normalized spacial score (nSPS) is 12.4. The average molecular weight is 327 g/mol. The highest BCUT2D eigenvalue weighted by Crippen LogP contribution is 2.20. The number of aryl methyl sites for hydroxylation is 3. The summed E-state index contributed by atoms with van der Waals surface area (Å²) in [4.78, 5) is 2.07. The summed E-state index contributed by atoms with van der Waals surface area (Å²) >= 11 is 0. The van der Waals surface area contributed by atoms with Crippen molar-refractivity contribution in [3.05, 3.63) is 65.2 Å². The Hall–Kier alpha value is -1.84. The molecule has 24 heavy (non-hydrogen) atoms. The van der Waals surface area contributed by atoms with Gasteiger partial charge < -0.3 is 14.7 Å². The van der Waals surface area contributed by atoms with Crippen molar-refractivity contribution in [1.29, 1.82) is 0 Å². The fourth-order valence-electron chi connectivity index (χ4n) is 2.67. The number of rotatable bonds is 9. The van der Waals surface area contributed by atoms with Gasteiger partial charge >= 0.3 is 0 Å². The average Bonchev–Trinajstić information content (AvgIpc) is 2.57. The van der Waals surface area contributed by atoms with E-state index in [2.05, 4.69) is 42.2 Å². The molecule has 130 valence electrons. The number of ether oxygens (including phenoxy) is 1. The molecule has 0 amide bonds. The van der Waals surface area contributed by atoms with Gasteiger partial charge in [-0.25, -0.2) is 0 Å². The van der Waals surface area contributed by atoms with Gasteiger partial charge in [0.25, 0.3) is 0 Å². The van der Waals surface area contributed by atoms with Crippen LogP contribution in [-0.2, 0) is 12.8 Å². The molecule has 0 aromatic heterocycles. The second kappa shape index (κ2) is 9.45. The highest BCUT2D eigenvalue weighted by atomic mass is 16.5. The van der Waals surface area contributed by atoms with E-state index in [4.69, 9.17) is 4.74 Å². The molecule has 0 heterocycles. The largest absolute Gasteiger partial charge is 0.491 e. The molecule has 1 unspecified atom stereocenters. The van der Waals surface area contributed by atoms with Crippen molar-refractivity contribution in [3.8, 4) is 5.75 Å². The van der Waals surface area contributed by atoms with Gasteiger partial charge in [0.05, 0.1) is 6.10 Å². The van der Waals surface area contributed by atoms with Crippen LogP contribution < -0.4 is 4.74 Å². The number of aliphatic hydroxyl groups is 1. The van der Waals surface area contributed by atoms with Crippen LogP contribution in [0.2, 0.25) is 0 Å². The van der Waals surface area contributed by atoms with E-state index in [1.165, 1.54) is 16.7 Å². The number of nitrogens with zero attached hydrogens (tertiary/aromatic N) is 1. The van der Waals surface area contributed by atoms with E-state index in [1.54, 1.807) is 0 Å². The van der Waals surface area contributed by atoms with E-state index in [0.29, 0.717) is 6.61 Å². The van der Waals surface area contributed by atoms with Crippen LogP contribution in [0.25, 0.3) is 0 Å². The van der Waals surface area contributed by atoms with Gasteiger partial charge in [0.1, 0.15) is 12.4 Å². The first-order valence-corrected chi connectivity index (χ1v) is 8.63. The lowest BCUT2D eigenvalue weighted by Crippen LogP contribution is -2.24. The predicted octanol–water partition coefficient (Wildman–Crippen LogP) is 3.47. The lowest BCUT2D eigenvalue weighted by Gasteiger charge is -2.17. The molecule has 0 aliphatic rings. The molecule has 0 fully saturated rings. The monoisotopic (exact) mass is 327 g/mol. The zero-order valence-corrected chi connectivity index (χ0v) is 15.0. The van der Waals surface area contributed by atoms with Gasteiger partial charge in [-0.2, -0.15) is 0 Å². The zero-order valence-electron chi connectivity index (χ0n) is 15.0. The second-order valence-corrected chi connectivity index (χ2v) is 6.65. The first-order valence-electron chi connectivity index (χ1n) is 8.63. The summed E-state index contributed by atoms with van der Waals surface area (Å²) in [5.41, 5.74) is 3.83. The maximum Gasteiger partial charge on any atom is 0.122 e. The highest BCUT2D eigenvalue weighted by Gasteiger charge is 2.09. The van der Waals surface area contributed by atoms with E-state index in [9.17, 15) is 5.11 Å². The van der Waals surface area contributed by atoms with Crippen molar-refractivity contribution in [2.24, 2.45) is 0 Å². The minimum atomic E-state index is -0.433. The minimum Gasteiger partial charge on any atom is -0.491 e. The quantitative estimate of drug-likeness (QED) is 0.765. The van der Waals surface area contributed by atoms with E-state index >= 15 is 0 Å². The lowest BCUT2D eigenvalue weighted by atomic mass is 10.0. The summed E-state index contributed by atoms with van der Waals surface area (Å²) in [6, 6.07) is 16.7. The van der Waals surface area contributed by atoms with Gasteiger partial charge in [-0.3, -0.25) is 0 Å². The molecular formula is C21H29NO2. The molecule has 2 aromatic carbocycles. The molecule has 0 aliphatic heterocycles. The van der Waals surface area contributed by atoms with Crippen LogP contribution >= 0.6 is 0 Å². The fraction of sp³-hybridized carbons (Fsp3) is 0.429. The van der Waals surface area contributed by atoms with Crippen LogP contribution in [-0.4, -0.2) is 43.4 Å². The van der Waals surface area contributed by atoms with E-state index < -0.39 is 6.10 Å². The van der Waals surface area contributed by atoms with Crippen molar-refractivity contribution in [2.45, 2.75) is 32.3 Å². The standard InChI is InChI=1S/C21H29NO2/c1-17-7-6-8-18(15-17)11-12-19-9-4-5-10-21(19)24-16-20(23)13-14-22(2)3/h4-10,15,20,23H,11-14,16H2,1-3H3. The van der Waals surface area contributed by atoms with Crippen molar-refractivity contribution in [2.75, 3.05) is 27.2 Å². The van der Waals surface area contributed by atoms with E-state index in [0.717, 1.165) is 31.6 Å². The third-order valence-corrected chi connectivity index (χ3v) is 4.08. The number of benzene rings is 2. The van der Waals surface area contributed by atoms with Crippen LogP contribution in [0.5, 0.6) is 5.75 Å². The number of para-hydroxylation sites is 1. The van der Waals surface area contributed by atoms with Crippen molar-refractivity contribution < 1.29 is 9.84 Å². The molecule has 1 atom stereocenters. The summed E-state index contributed by atoms with van der Waals surface area (Å²) in [5, 5.41) is 10.0. The number of hydrogen-bond donors (Lipinski definition) is 1. The van der Waals surface area contributed by atoms with Crippen LogP contribution in [0.4, 0.5) is 0 Å². The van der Waals surface area contributed by atoms with Gasteiger partial charge in [0.2, 0.25) is 0 Å². The Kier molecular flexibility index (Phi) is 7.29. The SMILES string of the molecule is Cc1cccc(CCc2ccccc2OCC(O)CCN(C)C)c1. The summed E-state index contributed by atoms with van der Waals surface area (Å²) in [5.74, 6) is 0.883. The summed E-state index contributed by atoms with van der Waals surface area (Å²) in [6.07, 6.45) is 2.22. The summed E-state index contributed by atoms with van der Waals surface area (Å²) in [7, 11) is 4.02. The van der Waals surface area contributed by atoms with Crippen LogP contribution in [0.15, 0.2) is 48.5 Å². The minimum absolute atomic E-state index is 0.343. The summed E-state index contributed by atoms with van der Waals surface area (Å²) in [6.45, 7) is 3.32. The van der Waals surface area contributed by atoms with E-state index in [1.807, 2.05) is 32.3 Å². The van der Waals surface area contributed by atoms with Gasteiger partial charge in [0, 0.05) is 6.54 Å². The predicted molar refractivity (Wildman–Crippen MR) is 99.7 cm³/mol. The van der Waals surface area contributed by atoms with Gasteiger partial charge in [-0.1, -0.05) is 48.0 Å². The smallest absolute Gasteiger partial charge is 0.122 e. The first kappa shape index (κ1) is 18.5. The van der Waals surface area contributed by atoms with Crippen molar-refractivity contribution in [3.63, 3.8) is 0 Å². The lowest BCUT2D eigenvalue weighted by molar-refractivity contribution is 0.0925. The maximum atomic E-state index is 10.0. The molecule has 0 saturated carbocycles. The molecule has 0 radical (unpaired) electrons. The third kappa shape index (κ3) is 6.34. The molecule has 3 nitrogen and oxygen atoms in total.